The summed E-state index contributed by atoms with van der Waals surface area (Å²) in [5, 5.41) is 3.69. The van der Waals surface area contributed by atoms with Gasteiger partial charge in [-0.1, -0.05) is 12.1 Å². The minimum atomic E-state index is -3.21. The lowest BCUT2D eigenvalue weighted by atomic mass is 10.3. The van der Waals surface area contributed by atoms with Crippen LogP contribution in [0, 0.1) is 5.92 Å². The van der Waals surface area contributed by atoms with Crippen LogP contribution in [0.1, 0.15) is 25.1 Å². The standard InChI is InChI=1S/C8H13N3O3S/c1-5-3-8(5,15(2,12)13)7-10-6(4-9)14-11-7/h5H,3-4,9H2,1-2H3/t5-,8-/m0/s1. The number of sulfone groups is 1. The first-order chi connectivity index (χ1) is 6.91. The van der Waals surface area contributed by atoms with Gasteiger partial charge in [0.1, 0.15) is 4.75 Å². The van der Waals surface area contributed by atoms with Gasteiger partial charge in [0, 0.05) is 6.26 Å². The molecule has 84 valence electrons. The van der Waals surface area contributed by atoms with Crippen LogP contribution in [-0.4, -0.2) is 24.8 Å². The third kappa shape index (κ3) is 1.37. The molecule has 2 rings (SSSR count). The van der Waals surface area contributed by atoms with Gasteiger partial charge in [0.25, 0.3) is 0 Å². The van der Waals surface area contributed by atoms with Crippen molar-refractivity contribution in [1.29, 1.82) is 0 Å². The third-order valence-electron chi connectivity index (χ3n) is 2.93. The number of nitrogens with zero attached hydrogens (tertiary/aromatic N) is 2. The molecule has 0 unspecified atom stereocenters. The van der Waals surface area contributed by atoms with Gasteiger partial charge in [-0.3, -0.25) is 0 Å². The molecule has 0 aromatic carbocycles. The Morgan fingerprint density at radius 3 is 2.60 bits per heavy atom. The lowest BCUT2D eigenvalue weighted by Crippen LogP contribution is -2.23. The Morgan fingerprint density at radius 1 is 1.67 bits per heavy atom. The summed E-state index contributed by atoms with van der Waals surface area (Å²) in [6.45, 7) is 1.99. The first-order valence-electron chi connectivity index (χ1n) is 4.64. The van der Waals surface area contributed by atoms with Gasteiger partial charge >= 0.3 is 0 Å². The normalized spacial score (nSPS) is 30.5. The van der Waals surface area contributed by atoms with Crippen LogP contribution in [0.25, 0.3) is 0 Å². The highest BCUT2D eigenvalue weighted by Crippen LogP contribution is 2.56. The smallest absolute Gasteiger partial charge is 0.240 e. The number of nitrogens with two attached hydrogens (primary N) is 1. The van der Waals surface area contributed by atoms with Crippen molar-refractivity contribution in [3.05, 3.63) is 11.7 Å². The Bertz CT molecular complexity index is 481. The van der Waals surface area contributed by atoms with Crippen molar-refractivity contribution in [2.24, 2.45) is 11.7 Å². The molecule has 1 aromatic heterocycles. The number of hydrogen-bond donors (Lipinski definition) is 1. The summed E-state index contributed by atoms with van der Waals surface area (Å²) >= 11 is 0. The van der Waals surface area contributed by atoms with E-state index in [1.54, 1.807) is 0 Å². The fourth-order valence-corrected chi connectivity index (χ4v) is 3.60. The molecule has 2 N–H and O–H groups in total. The predicted molar refractivity (Wildman–Crippen MR) is 52.5 cm³/mol. The summed E-state index contributed by atoms with van der Waals surface area (Å²) in [4.78, 5) is 4.00. The van der Waals surface area contributed by atoms with E-state index in [0.717, 1.165) is 0 Å². The van der Waals surface area contributed by atoms with Crippen molar-refractivity contribution in [2.45, 2.75) is 24.6 Å². The zero-order chi connectivity index (χ0) is 11.3. The minimum Gasteiger partial charge on any atom is -0.338 e. The maximum atomic E-state index is 11.7. The average Bonchev–Trinajstić information content (AvgIpc) is 2.62. The first kappa shape index (κ1) is 10.6. The summed E-state index contributed by atoms with van der Waals surface area (Å²) in [5.74, 6) is 0.556. The van der Waals surface area contributed by atoms with Crippen molar-refractivity contribution >= 4 is 9.84 Å². The zero-order valence-electron chi connectivity index (χ0n) is 8.60. The SMILES string of the molecule is C[C@H]1C[C@]1(c1noc(CN)n1)S(C)(=O)=O. The second-order valence-electron chi connectivity index (χ2n) is 3.98. The Balaban J connectivity index is 2.45. The number of aromatic nitrogens is 2. The van der Waals surface area contributed by atoms with Crippen LogP contribution in [0.15, 0.2) is 4.52 Å². The quantitative estimate of drug-likeness (QED) is 0.774. The molecule has 0 aliphatic heterocycles. The Labute approximate surface area is 87.8 Å². The van der Waals surface area contributed by atoms with Crippen molar-refractivity contribution in [3.8, 4) is 0 Å². The molecule has 7 heteroatoms. The highest BCUT2D eigenvalue weighted by atomic mass is 32.2. The van der Waals surface area contributed by atoms with Crippen LogP contribution < -0.4 is 5.73 Å². The van der Waals surface area contributed by atoms with Crippen LogP contribution in [0.4, 0.5) is 0 Å². The van der Waals surface area contributed by atoms with E-state index in [0.29, 0.717) is 6.42 Å². The van der Waals surface area contributed by atoms with Crippen molar-refractivity contribution < 1.29 is 12.9 Å². The van der Waals surface area contributed by atoms with Gasteiger partial charge in [-0.2, -0.15) is 4.98 Å². The van der Waals surface area contributed by atoms with Gasteiger partial charge in [-0.05, 0) is 12.3 Å². The van der Waals surface area contributed by atoms with Crippen molar-refractivity contribution in [1.82, 2.24) is 10.1 Å². The lowest BCUT2D eigenvalue weighted by molar-refractivity contribution is 0.372. The predicted octanol–water partition coefficient (Wildman–Crippen LogP) is -0.192. The summed E-state index contributed by atoms with van der Waals surface area (Å²) in [6, 6.07) is 0. The molecule has 1 aromatic rings. The summed E-state index contributed by atoms with van der Waals surface area (Å²) in [5.41, 5.74) is 5.32. The Kier molecular flexibility index (Phi) is 2.13. The molecule has 0 radical (unpaired) electrons. The van der Waals surface area contributed by atoms with Gasteiger partial charge in [-0.25, -0.2) is 8.42 Å². The summed E-state index contributed by atoms with van der Waals surface area (Å²) in [7, 11) is -3.21. The molecular weight excluding hydrogens is 218 g/mol. The first-order valence-corrected chi connectivity index (χ1v) is 6.53. The molecule has 0 amide bonds. The molecule has 0 saturated heterocycles. The Morgan fingerprint density at radius 2 is 2.27 bits per heavy atom. The average molecular weight is 231 g/mol. The molecule has 6 nitrogen and oxygen atoms in total. The summed E-state index contributed by atoms with van der Waals surface area (Å²) < 4.78 is 27.2. The minimum absolute atomic E-state index is 0.0377. The second-order valence-corrected chi connectivity index (χ2v) is 6.26. The molecule has 1 heterocycles. The molecule has 15 heavy (non-hydrogen) atoms. The summed E-state index contributed by atoms with van der Waals surface area (Å²) in [6.07, 6.45) is 1.75. The maximum Gasteiger partial charge on any atom is 0.240 e. The van der Waals surface area contributed by atoms with Crippen molar-refractivity contribution in [3.63, 3.8) is 0 Å². The van der Waals surface area contributed by atoms with Gasteiger partial charge in [-0.15, -0.1) is 0 Å². The van der Waals surface area contributed by atoms with Gasteiger partial charge in [0.05, 0.1) is 6.54 Å². The molecule has 0 spiro atoms. The van der Waals surface area contributed by atoms with Crippen LogP contribution in [-0.2, 0) is 21.1 Å². The molecule has 1 saturated carbocycles. The third-order valence-corrected chi connectivity index (χ3v) is 5.00. The van der Waals surface area contributed by atoms with E-state index in [1.807, 2.05) is 6.92 Å². The molecule has 1 aliphatic rings. The highest BCUT2D eigenvalue weighted by Gasteiger charge is 2.63. The van der Waals surface area contributed by atoms with E-state index in [-0.39, 0.29) is 24.2 Å². The lowest BCUT2D eigenvalue weighted by Gasteiger charge is -2.08. The topological polar surface area (TPSA) is 99.1 Å². The molecule has 1 aliphatic carbocycles. The largest absolute Gasteiger partial charge is 0.338 e. The van der Waals surface area contributed by atoms with Crippen LogP contribution in [0.3, 0.4) is 0 Å². The van der Waals surface area contributed by atoms with E-state index < -0.39 is 14.6 Å². The fraction of sp³-hybridized carbons (Fsp3) is 0.750. The van der Waals surface area contributed by atoms with E-state index in [9.17, 15) is 8.42 Å². The van der Waals surface area contributed by atoms with Gasteiger partial charge < -0.3 is 10.3 Å². The van der Waals surface area contributed by atoms with Crippen LogP contribution in [0.5, 0.6) is 0 Å². The van der Waals surface area contributed by atoms with Gasteiger partial charge in [0.15, 0.2) is 15.7 Å². The van der Waals surface area contributed by atoms with Crippen LogP contribution in [0.2, 0.25) is 0 Å². The second kappa shape index (κ2) is 3.02. The highest BCUT2D eigenvalue weighted by molar-refractivity contribution is 7.92. The van der Waals surface area contributed by atoms with Crippen molar-refractivity contribution in [2.75, 3.05) is 6.26 Å². The van der Waals surface area contributed by atoms with Crippen LogP contribution >= 0.6 is 0 Å². The molecular formula is C8H13N3O3S. The van der Waals surface area contributed by atoms with Gasteiger partial charge in [0.2, 0.25) is 5.89 Å². The molecule has 1 fully saturated rings. The molecule has 0 bridgehead atoms. The van der Waals surface area contributed by atoms with E-state index in [2.05, 4.69) is 10.1 Å². The van der Waals surface area contributed by atoms with E-state index in [1.165, 1.54) is 6.26 Å². The zero-order valence-corrected chi connectivity index (χ0v) is 9.41. The van der Waals surface area contributed by atoms with E-state index in [4.69, 9.17) is 10.3 Å². The number of hydrogen-bond acceptors (Lipinski definition) is 6. The molecule has 2 atom stereocenters. The fourth-order valence-electron chi connectivity index (χ4n) is 1.90. The maximum absolute atomic E-state index is 11.7. The Hall–Kier alpha value is -0.950. The number of rotatable bonds is 3. The monoisotopic (exact) mass is 231 g/mol. The van der Waals surface area contributed by atoms with E-state index >= 15 is 0 Å².